The van der Waals surface area contributed by atoms with Crippen LogP contribution in [0.25, 0.3) is 5.69 Å². The van der Waals surface area contributed by atoms with Crippen molar-refractivity contribution >= 4 is 5.91 Å². The molecule has 2 atom stereocenters. The van der Waals surface area contributed by atoms with Crippen molar-refractivity contribution in [3.8, 4) is 5.69 Å². The predicted molar refractivity (Wildman–Crippen MR) is 141 cm³/mol. The van der Waals surface area contributed by atoms with E-state index in [1.807, 2.05) is 42.5 Å². The standard InChI is InChI=1S/C30H31F2N3O2/c1-2-21-8-6-9-22(14-21)19-33-20-29(36)27(17-23-15-24(31)18-25(32)16-23)34-30(37)28-12-7-13-35(28)26-10-4-3-5-11-26/h3-16,18,27,29,33,36H,2,17,19-20H2,1H3,(H,34,37). The summed E-state index contributed by atoms with van der Waals surface area (Å²) in [7, 11) is 0. The van der Waals surface area contributed by atoms with Crippen molar-refractivity contribution in [3.63, 3.8) is 0 Å². The quantitative estimate of drug-likeness (QED) is 0.275. The van der Waals surface area contributed by atoms with E-state index in [9.17, 15) is 18.7 Å². The lowest BCUT2D eigenvalue weighted by Crippen LogP contribution is -2.49. The Morgan fingerprint density at radius 1 is 0.892 bits per heavy atom. The van der Waals surface area contributed by atoms with E-state index in [2.05, 4.69) is 29.7 Å². The van der Waals surface area contributed by atoms with Gasteiger partial charge in [0.05, 0.1) is 12.1 Å². The second kappa shape index (κ2) is 12.4. The first-order chi connectivity index (χ1) is 17.9. The van der Waals surface area contributed by atoms with E-state index in [1.165, 1.54) is 17.7 Å². The van der Waals surface area contributed by atoms with E-state index in [4.69, 9.17) is 0 Å². The normalized spacial score (nSPS) is 12.8. The zero-order valence-corrected chi connectivity index (χ0v) is 20.7. The highest BCUT2D eigenvalue weighted by Crippen LogP contribution is 2.15. The number of para-hydroxylation sites is 1. The summed E-state index contributed by atoms with van der Waals surface area (Å²) < 4.78 is 29.5. The number of aromatic nitrogens is 1. The van der Waals surface area contributed by atoms with Gasteiger partial charge in [0.2, 0.25) is 0 Å². The van der Waals surface area contributed by atoms with E-state index in [-0.39, 0.29) is 13.0 Å². The highest BCUT2D eigenvalue weighted by Gasteiger charge is 2.24. The van der Waals surface area contributed by atoms with Gasteiger partial charge >= 0.3 is 0 Å². The van der Waals surface area contributed by atoms with Crippen molar-refractivity contribution in [1.82, 2.24) is 15.2 Å². The molecule has 37 heavy (non-hydrogen) atoms. The number of aliphatic hydroxyl groups is 1. The lowest BCUT2D eigenvalue weighted by Gasteiger charge is -2.25. The molecule has 5 nitrogen and oxygen atoms in total. The van der Waals surface area contributed by atoms with E-state index in [0.717, 1.165) is 23.7 Å². The van der Waals surface area contributed by atoms with Gasteiger partial charge in [0, 0.05) is 31.0 Å². The molecule has 7 heteroatoms. The highest BCUT2D eigenvalue weighted by atomic mass is 19.1. The number of nitrogens with one attached hydrogen (secondary N) is 2. The van der Waals surface area contributed by atoms with Crippen LogP contribution < -0.4 is 10.6 Å². The van der Waals surface area contributed by atoms with Gasteiger partial charge in [-0.15, -0.1) is 0 Å². The molecular formula is C30H31F2N3O2. The Morgan fingerprint density at radius 3 is 2.35 bits per heavy atom. The molecule has 4 rings (SSSR count). The summed E-state index contributed by atoms with van der Waals surface area (Å²) >= 11 is 0. The van der Waals surface area contributed by atoms with Crippen molar-refractivity contribution in [2.45, 2.75) is 38.5 Å². The summed E-state index contributed by atoms with van der Waals surface area (Å²) in [5, 5.41) is 17.2. The van der Waals surface area contributed by atoms with Gasteiger partial charge in [-0.2, -0.15) is 0 Å². The fraction of sp³-hybridized carbons (Fsp3) is 0.233. The maximum atomic E-state index is 13.9. The largest absolute Gasteiger partial charge is 0.390 e. The van der Waals surface area contributed by atoms with E-state index >= 15 is 0 Å². The van der Waals surface area contributed by atoms with Gasteiger partial charge in [0.25, 0.3) is 5.91 Å². The van der Waals surface area contributed by atoms with Crippen LogP contribution >= 0.6 is 0 Å². The summed E-state index contributed by atoms with van der Waals surface area (Å²) in [5.74, 6) is -1.81. The fourth-order valence-corrected chi connectivity index (χ4v) is 4.35. The molecule has 0 bridgehead atoms. The van der Waals surface area contributed by atoms with Crippen LogP contribution in [0.4, 0.5) is 8.78 Å². The molecule has 192 valence electrons. The minimum absolute atomic E-state index is 0.0562. The van der Waals surface area contributed by atoms with Crippen molar-refractivity contribution in [3.05, 3.63) is 125 Å². The van der Waals surface area contributed by atoms with Crippen LogP contribution in [0, 0.1) is 11.6 Å². The smallest absolute Gasteiger partial charge is 0.268 e. The second-order valence-electron chi connectivity index (χ2n) is 9.03. The first-order valence-electron chi connectivity index (χ1n) is 12.4. The van der Waals surface area contributed by atoms with Gasteiger partial charge in [-0.1, -0.05) is 49.4 Å². The summed E-state index contributed by atoms with van der Waals surface area (Å²) in [5.41, 5.74) is 3.85. The summed E-state index contributed by atoms with van der Waals surface area (Å²) in [4.78, 5) is 13.3. The van der Waals surface area contributed by atoms with Crippen molar-refractivity contribution in [2.24, 2.45) is 0 Å². The number of amides is 1. The third-order valence-corrected chi connectivity index (χ3v) is 6.26. The molecule has 0 radical (unpaired) electrons. The molecule has 0 aliphatic carbocycles. The number of benzene rings is 3. The molecule has 3 aromatic carbocycles. The first kappa shape index (κ1) is 26.3. The third-order valence-electron chi connectivity index (χ3n) is 6.26. The molecule has 3 N–H and O–H groups in total. The minimum atomic E-state index is -1.01. The average Bonchev–Trinajstić information content (AvgIpc) is 3.39. The third kappa shape index (κ3) is 7.12. The van der Waals surface area contributed by atoms with Gasteiger partial charge in [0.1, 0.15) is 17.3 Å². The molecule has 1 amide bonds. The number of hydrogen-bond acceptors (Lipinski definition) is 3. The lowest BCUT2D eigenvalue weighted by molar-refractivity contribution is 0.0823. The molecule has 2 unspecified atom stereocenters. The van der Waals surface area contributed by atoms with E-state index < -0.39 is 29.7 Å². The minimum Gasteiger partial charge on any atom is -0.390 e. The predicted octanol–water partition coefficient (Wildman–Crippen LogP) is 4.81. The Kier molecular flexibility index (Phi) is 8.82. The molecule has 0 spiro atoms. The van der Waals surface area contributed by atoms with Gasteiger partial charge < -0.3 is 20.3 Å². The molecule has 0 saturated heterocycles. The van der Waals surface area contributed by atoms with E-state index in [0.29, 0.717) is 17.8 Å². The van der Waals surface area contributed by atoms with Gasteiger partial charge in [-0.3, -0.25) is 4.79 Å². The average molecular weight is 504 g/mol. The molecule has 1 heterocycles. The van der Waals surface area contributed by atoms with Crippen molar-refractivity contribution in [1.29, 1.82) is 0 Å². The number of carbonyl (C=O) groups excluding carboxylic acids is 1. The zero-order chi connectivity index (χ0) is 26.2. The van der Waals surface area contributed by atoms with Crippen LogP contribution in [0.1, 0.15) is 34.1 Å². The second-order valence-corrected chi connectivity index (χ2v) is 9.03. The molecule has 0 fully saturated rings. The number of aryl methyl sites for hydroxylation is 1. The SMILES string of the molecule is CCc1cccc(CNCC(O)C(Cc2cc(F)cc(F)c2)NC(=O)c2cccn2-c2ccccc2)c1. The highest BCUT2D eigenvalue weighted by molar-refractivity contribution is 5.93. The van der Waals surface area contributed by atoms with Crippen LogP contribution in [0.5, 0.6) is 0 Å². The number of carbonyl (C=O) groups is 1. The van der Waals surface area contributed by atoms with Gasteiger partial charge in [-0.05, 0) is 65.9 Å². The van der Waals surface area contributed by atoms with Crippen molar-refractivity contribution in [2.75, 3.05) is 6.54 Å². The Balaban J connectivity index is 1.50. The molecular weight excluding hydrogens is 472 g/mol. The molecule has 1 aromatic heterocycles. The number of nitrogens with zero attached hydrogens (tertiary/aromatic N) is 1. The number of hydrogen-bond donors (Lipinski definition) is 3. The summed E-state index contributed by atoms with van der Waals surface area (Å²) in [6.07, 6.45) is 1.76. The van der Waals surface area contributed by atoms with Gasteiger partial charge in [-0.25, -0.2) is 8.78 Å². The van der Waals surface area contributed by atoms with Crippen LogP contribution in [-0.4, -0.2) is 34.3 Å². The summed E-state index contributed by atoms with van der Waals surface area (Å²) in [6, 6.07) is 23.5. The van der Waals surface area contributed by atoms with Crippen LogP contribution in [0.15, 0.2) is 91.1 Å². The molecule has 0 aliphatic heterocycles. The Labute approximate surface area is 215 Å². The number of aliphatic hydroxyl groups excluding tert-OH is 1. The topological polar surface area (TPSA) is 66.3 Å². The van der Waals surface area contributed by atoms with E-state index in [1.54, 1.807) is 22.9 Å². The fourth-order valence-electron chi connectivity index (χ4n) is 4.35. The number of halogens is 2. The molecule has 0 aliphatic rings. The Morgan fingerprint density at radius 2 is 1.62 bits per heavy atom. The Bertz CT molecular complexity index is 1300. The van der Waals surface area contributed by atoms with Gasteiger partial charge in [0.15, 0.2) is 0 Å². The lowest BCUT2D eigenvalue weighted by atomic mass is 10.00. The maximum Gasteiger partial charge on any atom is 0.268 e. The van der Waals surface area contributed by atoms with Crippen molar-refractivity contribution < 1.29 is 18.7 Å². The van der Waals surface area contributed by atoms with Crippen LogP contribution in [0.2, 0.25) is 0 Å². The molecule has 4 aromatic rings. The monoisotopic (exact) mass is 503 g/mol. The maximum absolute atomic E-state index is 13.9. The zero-order valence-electron chi connectivity index (χ0n) is 20.7. The number of rotatable bonds is 11. The first-order valence-corrected chi connectivity index (χ1v) is 12.4. The molecule has 0 saturated carbocycles. The summed E-state index contributed by atoms with van der Waals surface area (Å²) in [6.45, 7) is 2.81. The Hall–Kier alpha value is -3.81. The van der Waals surface area contributed by atoms with Crippen LogP contribution in [-0.2, 0) is 19.4 Å². The van der Waals surface area contributed by atoms with Crippen LogP contribution in [0.3, 0.4) is 0 Å².